The number of nitrogen functional groups attached to an aromatic ring is 1. The Hall–Kier alpha value is -1.59. The van der Waals surface area contributed by atoms with E-state index < -0.39 is 0 Å². The minimum Gasteiger partial charge on any atom is -0.368 e. The molecular formula is C13H26N6. The van der Waals surface area contributed by atoms with E-state index in [4.69, 9.17) is 5.73 Å². The molecule has 0 fully saturated rings. The quantitative estimate of drug-likeness (QED) is 0.811. The van der Waals surface area contributed by atoms with Gasteiger partial charge in [-0.05, 0) is 19.8 Å². The Balaban J connectivity index is 2.95. The first-order valence-corrected chi connectivity index (χ1v) is 6.99. The van der Waals surface area contributed by atoms with Crippen molar-refractivity contribution >= 4 is 17.8 Å². The first-order valence-electron chi connectivity index (χ1n) is 6.99. The maximum atomic E-state index is 5.79. The van der Waals surface area contributed by atoms with Gasteiger partial charge in [0.05, 0.1) is 0 Å². The summed E-state index contributed by atoms with van der Waals surface area (Å²) < 4.78 is 0. The molecule has 0 amide bonds. The fraction of sp³-hybridized carbons (Fsp3) is 0.769. The predicted octanol–water partition coefficient (Wildman–Crippen LogP) is 1.78. The topological polar surface area (TPSA) is 71.2 Å². The standard InChI is InChI=1S/C13H26N6/c1-6-10(4)9-18(5)12-15-11(14)16-13(17-12)19(7-2)8-3/h10H,6-9H2,1-5H3,(H2,14,15,16,17). The van der Waals surface area contributed by atoms with Crippen LogP contribution in [-0.2, 0) is 0 Å². The van der Waals surface area contributed by atoms with Crippen LogP contribution in [0.5, 0.6) is 0 Å². The summed E-state index contributed by atoms with van der Waals surface area (Å²) in [7, 11) is 1.99. The van der Waals surface area contributed by atoms with Crippen molar-refractivity contribution < 1.29 is 0 Å². The zero-order valence-electron chi connectivity index (χ0n) is 12.7. The third-order valence-electron chi connectivity index (χ3n) is 3.30. The Bertz CT molecular complexity index is 391. The van der Waals surface area contributed by atoms with E-state index in [0.29, 0.717) is 17.8 Å². The highest BCUT2D eigenvalue weighted by molar-refractivity contribution is 5.42. The molecule has 0 aliphatic carbocycles. The van der Waals surface area contributed by atoms with Crippen LogP contribution in [-0.4, -0.2) is 41.6 Å². The summed E-state index contributed by atoms with van der Waals surface area (Å²) >= 11 is 0. The Morgan fingerprint density at radius 2 is 1.63 bits per heavy atom. The van der Waals surface area contributed by atoms with E-state index in [2.05, 4.69) is 47.5 Å². The van der Waals surface area contributed by atoms with E-state index >= 15 is 0 Å². The molecule has 0 aliphatic heterocycles. The van der Waals surface area contributed by atoms with Crippen LogP contribution in [0.15, 0.2) is 0 Å². The third-order valence-corrected chi connectivity index (χ3v) is 3.30. The first-order chi connectivity index (χ1) is 9.01. The fourth-order valence-electron chi connectivity index (χ4n) is 1.87. The summed E-state index contributed by atoms with van der Waals surface area (Å²) in [5.74, 6) is 2.18. The summed E-state index contributed by atoms with van der Waals surface area (Å²) in [5, 5.41) is 0. The smallest absolute Gasteiger partial charge is 0.231 e. The second-order valence-corrected chi connectivity index (χ2v) is 4.86. The minimum atomic E-state index is 0.280. The highest BCUT2D eigenvalue weighted by Crippen LogP contribution is 2.15. The number of nitrogens with two attached hydrogens (primary N) is 1. The Labute approximate surface area is 116 Å². The number of nitrogens with zero attached hydrogens (tertiary/aromatic N) is 5. The second kappa shape index (κ2) is 7.11. The van der Waals surface area contributed by atoms with Crippen LogP contribution >= 0.6 is 0 Å². The second-order valence-electron chi connectivity index (χ2n) is 4.86. The molecule has 0 saturated carbocycles. The highest BCUT2D eigenvalue weighted by Gasteiger charge is 2.13. The van der Waals surface area contributed by atoms with Crippen LogP contribution in [0.1, 0.15) is 34.1 Å². The SMILES string of the molecule is CCC(C)CN(C)c1nc(N)nc(N(CC)CC)n1. The van der Waals surface area contributed by atoms with Gasteiger partial charge in [-0.3, -0.25) is 0 Å². The zero-order valence-corrected chi connectivity index (χ0v) is 12.7. The van der Waals surface area contributed by atoms with Crippen molar-refractivity contribution in [3.8, 4) is 0 Å². The zero-order chi connectivity index (χ0) is 14.4. The maximum absolute atomic E-state index is 5.79. The van der Waals surface area contributed by atoms with Crippen LogP contribution in [0.25, 0.3) is 0 Å². The average molecular weight is 266 g/mol. The van der Waals surface area contributed by atoms with Crippen molar-refractivity contribution in [2.24, 2.45) is 5.92 Å². The fourth-order valence-corrected chi connectivity index (χ4v) is 1.87. The normalized spacial score (nSPS) is 12.3. The lowest BCUT2D eigenvalue weighted by molar-refractivity contribution is 0.554. The lowest BCUT2D eigenvalue weighted by atomic mass is 10.1. The van der Waals surface area contributed by atoms with Gasteiger partial charge in [-0.2, -0.15) is 15.0 Å². The van der Waals surface area contributed by atoms with E-state index in [1.165, 1.54) is 0 Å². The van der Waals surface area contributed by atoms with Crippen molar-refractivity contribution in [2.75, 3.05) is 42.2 Å². The number of hydrogen-bond acceptors (Lipinski definition) is 6. The molecule has 0 radical (unpaired) electrons. The van der Waals surface area contributed by atoms with Crippen LogP contribution in [0.3, 0.4) is 0 Å². The average Bonchev–Trinajstić information content (AvgIpc) is 2.39. The van der Waals surface area contributed by atoms with E-state index in [1.54, 1.807) is 0 Å². The van der Waals surface area contributed by atoms with Gasteiger partial charge in [0.15, 0.2) is 0 Å². The molecule has 2 N–H and O–H groups in total. The predicted molar refractivity (Wildman–Crippen MR) is 80.5 cm³/mol. The molecule has 1 aromatic heterocycles. The van der Waals surface area contributed by atoms with Crippen molar-refractivity contribution in [2.45, 2.75) is 34.1 Å². The molecule has 0 spiro atoms. The molecule has 6 nitrogen and oxygen atoms in total. The van der Waals surface area contributed by atoms with Gasteiger partial charge in [0.2, 0.25) is 17.8 Å². The highest BCUT2D eigenvalue weighted by atomic mass is 15.3. The van der Waals surface area contributed by atoms with Crippen LogP contribution < -0.4 is 15.5 Å². The van der Waals surface area contributed by atoms with Gasteiger partial charge in [0, 0.05) is 26.7 Å². The van der Waals surface area contributed by atoms with Gasteiger partial charge < -0.3 is 15.5 Å². The number of aromatic nitrogens is 3. The first kappa shape index (κ1) is 15.5. The molecule has 0 aromatic carbocycles. The molecule has 1 atom stereocenters. The van der Waals surface area contributed by atoms with Crippen LogP contribution in [0.2, 0.25) is 0 Å². The minimum absolute atomic E-state index is 0.280. The van der Waals surface area contributed by atoms with Crippen molar-refractivity contribution in [1.29, 1.82) is 0 Å². The number of rotatable bonds is 7. The maximum Gasteiger partial charge on any atom is 0.231 e. The molecule has 1 unspecified atom stereocenters. The van der Waals surface area contributed by atoms with Crippen molar-refractivity contribution in [3.05, 3.63) is 0 Å². The summed E-state index contributed by atoms with van der Waals surface area (Å²) in [5.41, 5.74) is 5.79. The van der Waals surface area contributed by atoms with Crippen molar-refractivity contribution in [1.82, 2.24) is 15.0 Å². The van der Waals surface area contributed by atoms with E-state index in [-0.39, 0.29) is 5.95 Å². The Morgan fingerprint density at radius 3 is 2.16 bits per heavy atom. The number of hydrogen-bond donors (Lipinski definition) is 1. The van der Waals surface area contributed by atoms with E-state index in [0.717, 1.165) is 26.1 Å². The van der Waals surface area contributed by atoms with Gasteiger partial charge in [-0.1, -0.05) is 20.3 Å². The van der Waals surface area contributed by atoms with Gasteiger partial charge in [0.1, 0.15) is 0 Å². The third kappa shape index (κ3) is 4.22. The summed E-state index contributed by atoms with van der Waals surface area (Å²) in [6.07, 6.45) is 1.13. The molecular weight excluding hydrogens is 240 g/mol. The van der Waals surface area contributed by atoms with Gasteiger partial charge >= 0.3 is 0 Å². The largest absolute Gasteiger partial charge is 0.368 e. The van der Waals surface area contributed by atoms with E-state index in [9.17, 15) is 0 Å². The van der Waals surface area contributed by atoms with Crippen LogP contribution in [0, 0.1) is 5.92 Å². The summed E-state index contributed by atoms with van der Waals surface area (Å²) in [4.78, 5) is 17.1. The molecule has 1 heterocycles. The molecule has 0 bridgehead atoms. The number of anilines is 3. The van der Waals surface area contributed by atoms with Gasteiger partial charge in [-0.25, -0.2) is 0 Å². The monoisotopic (exact) mass is 266 g/mol. The molecule has 0 aliphatic rings. The Kier molecular flexibility index (Phi) is 5.79. The summed E-state index contributed by atoms with van der Waals surface area (Å²) in [6, 6.07) is 0. The molecule has 19 heavy (non-hydrogen) atoms. The molecule has 1 aromatic rings. The van der Waals surface area contributed by atoms with E-state index in [1.807, 2.05) is 11.9 Å². The molecule has 0 saturated heterocycles. The summed E-state index contributed by atoms with van der Waals surface area (Å²) in [6.45, 7) is 11.2. The lowest BCUT2D eigenvalue weighted by Crippen LogP contribution is -2.29. The van der Waals surface area contributed by atoms with Gasteiger partial charge in [-0.15, -0.1) is 0 Å². The molecule has 1 rings (SSSR count). The van der Waals surface area contributed by atoms with Crippen LogP contribution in [0.4, 0.5) is 17.8 Å². The van der Waals surface area contributed by atoms with Gasteiger partial charge in [0.25, 0.3) is 0 Å². The molecule has 6 heteroatoms. The Morgan fingerprint density at radius 1 is 1.05 bits per heavy atom. The lowest BCUT2D eigenvalue weighted by Gasteiger charge is -2.23. The molecule has 108 valence electrons. The van der Waals surface area contributed by atoms with Crippen molar-refractivity contribution in [3.63, 3.8) is 0 Å².